The molecule has 1 rings (SSSR count). The zero-order valence-corrected chi connectivity index (χ0v) is 12.8. The summed E-state index contributed by atoms with van der Waals surface area (Å²) in [6, 6.07) is 5.12. The first-order valence-corrected chi connectivity index (χ1v) is 7.26. The largest absolute Gasteiger partial charge is 0.352 e. The van der Waals surface area contributed by atoms with E-state index in [-0.39, 0.29) is 12.5 Å². The zero-order chi connectivity index (χ0) is 15.0. The smallest absolute Gasteiger partial charge is 0.251 e. The Morgan fingerprint density at radius 3 is 2.65 bits per heavy atom. The van der Waals surface area contributed by atoms with Crippen LogP contribution in [0.5, 0.6) is 0 Å². The molecule has 1 aromatic carbocycles. The summed E-state index contributed by atoms with van der Waals surface area (Å²) in [7, 11) is 0. The molecule has 0 atom stereocenters. The van der Waals surface area contributed by atoms with E-state index >= 15 is 0 Å². The third-order valence-electron chi connectivity index (χ3n) is 3.26. The van der Waals surface area contributed by atoms with Gasteiger partial charge in [-0.2, -0.15) is 0 Å². The topological polar surface area (TPSA) is 55.1 Å². The molecule has 0 radical (unpaired) electrons. The Balaban J connectivity index is 2.72. The van der Waals surface area contributed by atoms with E-state index in [2.05, 4.69) is 31.0 Å². The fourth-order valence-corrected chi connectivity index (χ4v) is 2.05. The number of nitrogens with two attached hydrogens (primary N) is 1. The minimum Gasteiger partial charge on any atom is -0.352 e. The van der Waals surface area contributed by atoms with Crippen LogP contribution in [0.3, 0.4) is 0 Å². The third kappa shape index (κ3) is 4.88. The van der Waals surface area contributed by atoms with Crippen LogP contribution in [-0.4, -0.2) is 19.0 Å². The fourth-order valence-electron chi connectivity index (χ4n) is 1.82. The maximum atomic E-state index is 12.0. The molecule has 0 aliphatic carbocycles. The van der Waals surface area contributed by atoms with E-state index in [0.29, 0.717) is 28.6 Å². The van der Waals surface area contributed by atoms with Crippen molar-refractivity contribution >= 4 is 17.5 Å². The van der Waals surface area contributed by atoms with Crippen molar-refractivity contribution in [3.8, 4) is 11.8 Å². The lowest BCUT2D eigenvalue weighted by molar-refractivity contribution is 0.0946. The van der Waals surface area contributed by atoms with Crippen LogP contribution in [-0.2, 0) is 0 Å². The quantitative estimate of drug-likeness (QED) is 0.820. The summed E-state index contributed by atoms with van der Waals surface area (Å²) in [6.45, 7) is 5.23. The molecule has 0 saturated carbocycles. The SMILES string of the molecule is CCC(CC)CNC(=O)c1ccc(C#CCN)c(Cl)c1. The number of benzene rings is 1. The van der Waals surface area contributed by atoms with Gasteiger partial charge >= 0.3 is 0 Å². The van der Waals surface area contributed by atoms with Gasteiger partial charge in [-0.15, -0.1) is 0 Å². The van der Waals surface area contributed by atoms with Crippen LogP contribution in [0.25, 0.3) is 0 Å². The van der Waals surface area contributed by atoms with Crippen LogP contribution >= 0.6 is 11.6 Å². The predicted molar refractivity (Wildman–Crippen MR) is 83.8 cm³/mol. The Hall–Kier alpha value is -1.50. The van der Waals surface area contributed by atoms with Crippen molar-refractivity contribution in [1.29, 1.82) is 0 Å². The molecule has 0 aliphatic rings. The highest BCUT2D eigenvalue weighted by Gasteiger charge is 2.10. The second kappa shape index (κ2) is 8.63. The van der Waals surface area contributed by atoms with Gasteiger partial charge in [0.2, 0.25) is 0 Å². The van der Waals surface area contributed by atoms with Crippen molar-refractivity contribution in [2.24, 2.45) is 11.7 Å². The summed E-state index contributed by atoms with van der Waals surface area (Å²) in [5.74, 6) is 6.03. The molecule has 0 aromatic heterocycles. The summed E-state index contributed by atoms with van der Waals surface area (Å²) in [4.78, 5) is 12.0. The second-order valence-electron chi connectivity index (χ2n) is 4.59. The van der Waals surface area contributed by atoms with Gasteiger partial charge in [-0.25, -0.2) is 0 Å². The molecule has 20 heavy (non-hydrogen) atoms. The van der Waals surface area contributed by atoms with E-state index in [1.165, 1.54) is 0 Å². The predicted octanol–water partition coefficient (Wildman–Crippen LogP) is 2.82. The molecule has 0 fully saturated rings. The highest BCUT2D eigenvalue weighted by molar-refractivity contribution is 6.32. The van der Waals surface area contributed by atoms with Crippen LogP contribution in [0.4, 0.5) is 0 Å². The van der Waals surface area contributed by atoms with Crippen molar-refractivity contribution in [3.63, 3.8) is 0 Å². The normalized spacial score (nSPS) is 10.1. The first-order chi connectivity index (χ1) is 9.62. The van der Waals surface area contributed by atoms with E-state index in [0.717, 1.165) is 12.8 Å². The van der Waals surface area contributed by atoms with Gasteiger partial charge in [0.25, 0.3) is 5.91 Å². The third-order valence-corrected chi connectivity index (χ3v) is 3.58. The van der Waals surface area contributed by atoms with Gasteiger partial charge < -0.3 is 11.1 Å². The molecular formula is C16H21ClN2O. The molecule has 0 aliphatic heterocycles. The zero-order valence-electron chi connectivity index (χ0n) is 12.0. The number of rotatable bonds is 5. The Morgan fingerprint density at radius 1 is 1.40 bits per heavy atom. The Morgan fingerprint density at radius 2 is 2.10 bits per heavy atom. The molecule has 0 saturated heterocycles. The van der Waals surface area contributed by atoms with Gasteiger partial charge in [-0.1, -0.05) is 50.1 Å². The molecule has 108 valence electrons. The summed E-state index contributed by atoms with van der Waals surface area (Å²) < 4.78 is 0. The van der Waals surface area contributed by atoms with Crippen LogP contribution in [0.1, 0.15) is 42.6 Å². The number of carbonyl (C=O) groups excluding carboxylic acids is 1. The Bertz CT molecular complexity index is 513. The number of hydrogen-bond donors (Lipinski definition) is 2. The monoisotopic (exact) mass is 292 g/mol. The maximum Gasteiger partial charge on any atom is 0.251 e. The van der Waals surface area contributed by atoms with Crippen molar-refractivity contribution in [2.45, 2.75) is 26.7 Å². The first kappa shape index (κ1) is 16.6. The minimum atomic E-state index is -0.0999. The van der Waals surface area contributed by atoms with Gasteiger partial charge in [0.15, 0.2) is 0 Å². The fraction of sp³-hybridized carbons (Fsp3) is 0.438. The summed E-state index contributed by atoms with van der Waals surface area (Å²) >= 11 is 6.10. The van der Waals surface area contributed by atoms with Crippen molar-refractivity contribution in [1.82, 2.24) is 5.32 Å². The molecule has 1 amide bonds. The number of carbonyl (C=O) groups is 1. The highest BCUT2D eigenvalue weighted by Crippen LogP contribution is 2.17. The molecule has 0 bridgehead atoms. The van der Waals surface area contributed by atoms with E-state index in [9.17, 15) is 4.79 Å². The highest BCUT2D eigenvalue weighted by atomic mass is 35.5. The Labute approximate surface area is 125 Å². The van der Waals surface area contributed by atoms with Gasteiger partial charge in [0, 0.05) is 17.7 Å². The second-order valence-corrected chi connectivity index (χ2v) is 5.00. The lowest BCUT2D eigenvalue weighted by Crippen LogP contribution is -2.28. The average Bonchev–Trinajstić information content (AvgIpc) is 2.46. The van der Waals surface area contributed by atoms with Gasteiger partial charge in [-0.05, 0) is 24.1 Å². The Kier molecular flexibility index (Phi) is 7.14. The van der Waals surface area contributed by atoms with E-state index in [1.807, 2.05) is 0 Å². The molecule has 4 heteroatoms. The van der Waals surface area contributed by atoms with E-state index in [4.69, 9.17) is 17.3 Å². The molecule has 3 N–H and O–H groups in total. The molecule has 0 spiro atoms. The minimum absolute atomic E-state index is 0.0999. The van der Waals surface area contributed by atoms with Gasteiger partial charge in [-0.3, -0.25) is 4.79 Å². The van der Waals surface area contributed by atoms with Crippen molar-refractivity contribution in [3.05, 3.63) is 34.3 Å². The number of halogens is 1. The molecule has 0 unspecified atom stereocenters. The lowest BCUT2D eigenvalue weighted by Gasteiger charge is -2.13. The van der Waals surface area contributed by atoms with Crippen LogP contribution in [0.2, 0.25) is 5.02 Å². The average molecular weight is 293 g/mol. The summed E-state index contributed by atoms with van der Waals surface area (Å²) in [5.41, 5.74) is 6.56. The van der Waals surface area contributed by atoms with E-state index in [1.54, 1.807) is 18.2 Å². The van der Waals surface area contributed by atoms with Crippen LogP contribution < -0.4 is 11.1 Å². The molecule has 1 aromatic rings. The number of amides is 1. The molecular weight excluding hydrogens is 272 g/mol. The summed E-state index contributed by atoms with van der Waals surface area (Å²) in [5, 5.41) is 3.41. The van der Waals surface area contributed by atoms with Gasteiger partial charge in [0.05, 0.1) is 11.6 Å². The van der Waals surface area contributed by atoms with E-state index < -0.39 is 0 Å². The molecule has 3 nitrogen and oxygen atoms in total. The number of nitrogens with one attached hydrogen (secondary N) is 1. The number of hydrogen-bond acceptors (Lipinski definition) is 2. The standard InChI is InChI=1S/C16H21ClN2O/c1-3-12(4-2)11-19-16(20)14-8-7-13(6-5-9-18)15(17)10-14/h7-8,10,12H,3-4,9,11,18H2,1-2H3,(H,19,20). The van der Waals surface area contributed by atoms with Crippen LogP contribution in [0.15, 0.2) is 18.2 Å². The van der Waals surface area contributed by atoms with Crippen LogP contribution in [0, 0.1) is 17.8 Å². The maximum absolute atomic E-state index is 12.0. The van der Waals surface area contributed by atoms with Gasteiger partial charge in [0.1, 0.15) is 0 Å². The van der Waals surface area contributed by atoms with Crippen molar-refractivity contribution in [2.75, 3.05) is 13.1 Å². The molecule has 0 heterocycles. The lowest BCUT2D eigenvalue weighted by atomic mass is 10.0. The summed E-state index contributed by atoms with van der Waals surface area (Å²) in [6.07, 6.45) is 2.12. The van der Waals surface area contributed by atoms with Crippen molar-refractivity contribution < 1.29 is 4.79 Å². The first-order valence-electron chi connectivity index (χ1n) is 6.89.